The summed E-state index contributed by atoms with van der Waals surface area (Å²) in [5, 5.41) is 4.46. The maximum Gasteiger partial charge on any atom is 0.197 e. The zero-order valence-electron chi connectivity index (χ0n) is 9.22. The number of nitrogens with zero attached hydrogens (tertiary/aromatic N) is 3. The summed E-state index contributed by atoms with van der Waals surface area (Å²) in [5.41, 5.74) is 2.40. The van der Waals surface area contributed by atoms with Crippen molar-refractivity contribution in [1.82, 2.24) is 9.90 Å². The van der Waals surface area contributed by atoms with Crippen LogP contribution in [0.2, 0.25) is 0 Å². The maximum atomic E-state index is 4.46. The van der Waals surface area contributed by atoms with Crippen molar-refractivity contribution in [3.8, 4) is 11.3 Å². The van der Waals surface area contributed by atoms with Gasteiger partial charge in [0.1, 0.15) is 13.1 Å². The third-order valence-electron chi connectivity index (χ3n) is 2.47. The minimum absolute atomic E-state index is 0.900. The molecule has 2 rings (SSSR count). The first kappa shape index (κ1) is 9.90. The fraction of sp³-hybridized carbons (Fsp3) is 0.333. The monoisotopic (exact) mass is 202 g/mol. The van der Waals surface area contributed by atoms with Crippen molar-refractivity contribution < 1.29 is 4.68 Å². The van der Waals surface area contributed by atoms with Crippen LogP contribution in [-0.4, -0.2) is 9.90 Å². The molecular weight excluding hydrogens is 186 g/mol. The Morgan fingerprint density at radius 1 is 1.20 bits per heavy atom. The normalized spacial score (nSPS) is 10.5. The van der Waals surface area contributed by atoms with E-state index in [2.05, 4.69) is 49.5 Å². The molecule has 1 aromatic heterocycles. The van der Waals surface area contributed by atoms with Crippen molar-refractivity contribution in [3.63, 3.8) is 0 Å². The van der Waals surface area contributed by atoms with Gasteiger partial charge in [-0.2, -0.15) is 0 Å². The van der Waals surface area contributed by atoms with E-state index in [9.17, 15) is 0 Å². The molecule has 0 aliphatic rings. The van der Waals surface area contributed by atoms with Gasteiger partial charge in [-0.1, -0.05) is 30.3 Å². The summed E-state index contributed by atoms with van der Waals surface area (Å²) < 4.78 is 3.99. The van der Waals surface area contributed by atoms with Crippen LogP contribution in [0.25, 0.3) is 11.3 Å². The highest BCUT2D eigenvalue weighted by Gasteiger charge is 2.14. The number of rotatable bonds is 3. The second kappa shape index (κ2) is 4.26. The van der Waals surface area contributed by atoms with Gasteiger partial charge in [0.2, 0.25) is 0 Å². The second-order valence-electron chi connectivity index (χ2n) is 3.44. The predicted octanol–water partition coefficient (Wildman–Crippen LogP) is 1.88. The quantitative estimate of drug-likeness (QED) is 0.696. The van der Waals surface area contributed by atoms with E-state index in [1.807, 2.05) is 15.4 Å². The first-order valence-electron chi connectivity index (χ1n) is 5.38. The van der Waals surface area contributed by atoms with Crippen LogP contribution in [0.4, 0.5) is 0 Å². The molecule has 0 aliphatic heterocycles. The Morgan fingerprint density at radius 2 is 1.93 bits per heavy atom. The Hall–Kier alpha value is -1.64. The first-order chi connectivity index (χ1) is 7.35. The minimum Gasteiger partial charge on any atom is -0.137 e. The standard InChI is InChI=1S/C12H16N3/c1-3-14-10-12(15(4-2)13-14)11-8-6-5-7-9-11/h5-10H,3-4H2,1-2H3/q+1. The Bertz CT molecular complexity index is 431. The van der Waals surface area contributed by atoms with Gasteiger partial charge in [-0.15, -0.1) is 9.36 Å². The minimum atomic E-state index is 0.900. The number of aromatic nitrogens is 3. The molecule has 0 atom stereocenters. The Kier molecular flexibility index (Phi) is 2.81. The van der Waals surface area contributed by atoms with E-state index < -0.39 is 0 Å². The van der Waals surface area contributed by atoms with Gasteiger partial charge in [0, 0.05) is 5.56 Å². The molecule has 0 aliphatic carbocycles. The van der Waals surface area contributed by atoms with Gasteiger partial charge in [0.15, 0.2) is 11.9 Å². The Balaban J connectivity index is 2.47. The molecule has 0 bridgehead atoms. The van der Waals surface area contributed by atoms with Gasteiger partial charge in [0.05, 0.1) is 5.21 Å². The van der Waals surface area contributed by atoms with Crippen LogP contribution in [0.15, 0.2) is 36.5 Å². The van der Waals surface area contributed by atoms with Crippen LogP contribution in [0, 0.1) is 0 Å². The summed E-state index contributed by atoms with van der Waals surface area (Å²) in [5.74, 6) is 0. The van der Waals surface area contributed by atoms with Gasteiger partial charge in [-0.05, 0) is 13.8 Å². The molecule has 0 saturated heterocycles. The van der Waals surface area contributed by atoms with Crippen LogP contribution < -0.4 is 4.68 Å². The van der Waals surface area contributed by atoms with Crippen LogP contribution in [-0.2, 0) is 13.1 Å². The highest BCUT2D eigenvalue weighted by atomic mass is 15.5. The van der Waals surface area contributed by atoms with E-state index in [4.69, 9.17) is 0 Å². The number of aryl methyl sites for hydroxylation is 2. The maximum absolute atomic E-state index is 4.46. The van der Waals surface area contributed by atoms with E-state index in [0.717, 1.165) is 13.1 Å². The van der Waals surface area contributed by atoms with Crippen molar-refractivity contribution in [1.29, 1.82) is 0 Å². The number of hydrogen-bond acceptors (Lipinski definition) is 1. The van der Waals surface area contributed by atoms with Gasteiger partial charge in [0.25, 0.3) is 0 Å². The summed E-state index contributed by atoms with van der Waals surface area (Å²) in [6.45, 7) is 6.02. The lowest BCUT2D eigenvalue weighted by atomic mass is 10.2. The summed E-state index contributed by atoms with van der Waals surface area (Å²) in [6.07, 6.45) is 2.10. The SMILES string of the molecule is CCn1n[n+](CC)cc1-c1ccccc1. The topological polar surface area (TPSA) is 21.7 Å². The first-order valence-corrected chi connectivity index (χ1v) is 5.38. The number of hydrogen-bond donors (Lipinski definition) is 0. The zero-order chi connectivity index (χ0) is 10.7. The molecule has 3 heteroatoms. The molecule has 0 radical (unpaired) electrons. The molecule has 0 spiro atoms. The van der Waals surface area contributed by atoms with Crippen LogP contribution >= 0.6 is 0 Å². The van der Waals surface area contributed by atoms with Crippen molar-refractivity contribution in [3.05, 3.63) is 36.5 Å². The van der Waals surface area contributed by atoms with E-state index in [0.29, 0.717) is 0 Å². The van der Waals surface area contributed by atoms with E-state index in [1.165, 1.54) is 11.3 Å². The van der Waals surface area contributed by atoms with Crippen LogP contribution in [0.1, 0.15) is 13.8 Å². The third-order valence-corrected chi connectivity index (χ3v) is 2.47. The molecule has 78 valence electrons. The van der Waals surface area contributed by atoms with Crippen molar-refractivity contribution in [2.45, 2.75) is 26.9 Å². The molecule has 2 aromatic rings. The molecule has 0 unspecified atom stereocenters. The highest BCUT2D eigenvalue weighted by Crippen LogP contribution is 2.16. The second-order valence-corrected chi connectivity index (χ2v) is 3.44. The van der Waals surface area contributed by atoms with Crippen molar-refractivity contribution >= 4 is 0 Å². The smallest absolute Gasteiger partial charge is 0.137 e. The summed E-state index contributed by atoms with van der Waals surface area (Å²) in [4.78, 5) is 0. The summed E-state index contributed by atoms with van der Waals surface area (Å²) in [7, 11) is 0. The van der Waals surface area contributed by atoms with Gasteiger partial charge in [-0.25, -0.2) is 0 Å². The number of benzene rings is 1. The molecule has 1 heterocycles. The fourth-order valence-electron chi connectivity index (χ4n) is 1.64. The molecule has 0 fully saturated rings. The fourth-order valence-corrected chi connectivity index (χ4v) is 1.64. The third kappa shape index (κ3) is 1.91. The molecule has 1 aromatic carbocycles. The van der Waals surface area contributed by atoms with Gasteiger partial charge >= 0.3 is 0 Å². The van der Waals surface area contributed by atoms with Crippen molar-refractivity contribution in [2.75, 3.05) is 0 Å². The lowest BCUT2D eigenvalue weighted by Crippen LogP contribution is -2.34. The average molecular weight is 202 g/mol. The van der Waals surface area contributed by atoms with E-state index in [-0.39, 0.29) is 0 Å². The van der Waals surface area contributed by atoms with Gasteiger partial charge < -0.3 is 0 Å². The average Bonchev–Trinajstić information content (AvgIpc) is 2.73. The summed E-state index contributed by atoms with van der Waals surface area (Å²) >= 11 is 0. The van der Waals surface area contributed by atoms with E-state index in [1.54, 1.807) is 0 Å². The zero-order valence-corrected chi connectivity index (χ0v) is 9.22. The molecule has 3 nitrogen and oxygen atoms in total. The lowest BCUT2D eigenvalue weighted by molar-refractivity contribution is -0.752. The molecule has 0 amide bonds. The lowest BCUT2D eigenvalue weighted by Gasteiger charge is -1.94. The van der Waals surface area contributed by atoms with Crippen LogP contribution in [0.3, 0.4) is 0 Å². The van der Waals surface area contributed by atoms with Gasteiger partial charge in [-0.3, -0.25) is 0 Å². The predicted molar refractivity (Wildman–Crippen MR) is 59.2 cm³/mol. The largest absolute Gasteiger partial charge is 0.197 e. The Morgan fingerprint density at radius 3 is 2.53 bits per heavy atom. The Labute approximate surface area is 90.0 Å². The van der Waals surface area contributed by atoms with Crippen LogP contribution in [0.5, 0.6) is 0 Å². The molecular formula is C12H16N3+. The highest BCUT2D eigenvalue weighted by molar-refractivity contribution is 5.57. The molecule has 0 saturated carbocycles. The summed E-state index contributed by atoms with van der Waals surface area (Å²) in [6, 6.07) is 10.4. The molecule has 15 heavy (non-hydrogen) atoms. The van der Waals surface area contributed by atoms with Crippen molar-refractivity contribution in [2.24, 2.45) is 0 Å². The van der Waals surface area contributed by atoms with E-state index >= 15 is 0 Å². The molecule has 0 N–H and O–H groups in total.